The topological polar surface area (TPSA) is 66.5 Å². The van der Waals surface area contributed by atoms with Crippen molar-refractivity contribution in [2.75, 3.05) is 12.8 Å². The molecular formula is C21H27FN2O3S. The van der Waals surface area contributed by atoms with Gasteiger partial charge in [0, 0.05) is 12.1 Å². The van der Waals surface area contributed by atoms with Gasteiger partial charge in [0.15, 0.2) is 0 Å². The monoisotopic (exact) mass is 406 g/mol. The smallest absolute Gasteiger partial charge is 0.235 e. The van der Waals surface area contributed by atoms with Gasteiger partial charge in [0.2, 0.25) is 15.9 Å². The summed E-state index contributed by atoms with van der Waals surface area (Å²) in [5.74, 6) is -0.942. The van der Waals surface area contributed by atoms with E-state index in [1.807, 2.05) is 33.8 Å². The molecule has 7 heteroatoms. The number of nitrogens with zero attached hydrogens (tertiary/aromatic N) is 1. The van der Waals surface area contributed by atoms with Gasteiger partial charge >= 0.3 is 0 Å². The minimum Gasteiger partial charge on any atom is -0.348 e. The molecule has 0 heterocycles. The first-order valence-corrected chi connectivity index (χ1v) is 10.9. The first-order valence-electron chi connectivity index (χ1n) is 9.04. The molecule has 1 amide bonds. The number of carbonyl (C=O) groups is 1. The van der Waals surface area contributed by atoms with Gasteiger partial charge in [-0.1, -0.05) is 30.3 Å². The highest BCUT2D eigenvalue weighted by molar-refractivity contribution is 7.88. The molecule has 2 aromatic carbocycles. The van der Waals surface area contributed by atoms with E-state index in [9.17, 15) is 17.6 Å². The van der Waals surface area contributed by atoms with Crippen molar-refractivity contribution in [3.05, 3.63) is 70.0 Å². The van der Waals surface area contributed by atoms with Crippen LogP contribution in [0, 0.1) is 26.6 Å². The second kappa shape index (κ2) is 8.84. The van der Waals surface area contributed by atoms with Crippen LogP contribution in [0.2, 0.25) is 0 Å². The van der Waals surface area contributed by atoms with E-state index in [1.165, 1.54) is 23.8 Å². The number of sulfonamides is 1. The summed E-state index contributed by atoms with van der Waals surface area (Å²) in [6.07, 6.45) is 1.01. The Morgan fingerprint density at radius 1 is 1.11 bits per heavy atom. The summed E-state index contributed by atoms with van der Waals surface area (Å²) >= 11 is 0. The molecule has 0 unspecified atom stereocenters. The van der Waals surface area contributed by atoms with Crippen molar-refractivity contribution in [3.63, 3.8) is 0 Å². The van der Waals surface area contributed by atoms with Gasteiger partial charge in [-0.15, -0.1) is 0 Å². The van der Waals surface area contributed by atoms with Gasteiger partial charge in [-0.3, -0.25) is 4.79 Å². The van der Waals surface area contributed by atoms with Crippen molar-refractivity contribution in [1.29, 1.82) is 0 Å². The molecule has 0 saturated heterocycles. The summed E-state index contributed by atoms with van der Waals surface area (Å²) in [5, 5.41) is 2.85. The number of nitrogens with one attached hydrogen (secondary N) is 1. The van der Waals surface area contributed by atoms with E-state index in [2.05, 4.69) is 11.4 Å². The van der Waals surface area contributed by atoms with E-state index in [4.69, 9.17) is 0 Å². The Labute approximate surface area is 166 Å². The van der Waals surface area contributed by atoms with Crippen LogP contribution in [0.3, 0.4) is 0 Å². The van der Waals surface area contributed by atoms with Gasteiger partial charge in [-0.25, -0.2) is 12.8 Å². The number of amides is 1. The molecule has 0 fully saturated rings. The van der Waals surface area contributed by atoms with Gasteiger partial charge in [0.05, 0.1) is 18.8 Å². The van der Waals surface area contributed by atoms with E-state index >= 15 is 0 Å². The maximum atomic E-state index is 13.9. The van der Waals surface area contributed by atoms with Gasteiger partial charge in [-0.2, -0.15) is 4.31 Å². The van der Waals surface area contributed by atoms with Crippen molar-refractivity contribution in [1.82, 2.24) is 9.62 Å². The van der Waals surface area contributed by atoms with Crippen molar-refractivity contribution in [3.8, 4) is 0 Å². The van der Waals surface area contributed by atoms with E-state index < -0.39 is 21.7 Å². The number of carbonyl (C=O) groups excluding carboxylic acids is 1. The van der Waals surface area contributed by atoms with Crippen LogP contribution < -0.4 is 5.32 Å². The zero-order valence-corrected chi connectivity index (χ0v) is 17.7. The molecule has 0 bridgehead atoms. The Kier molecular flexibility index (Phi) is 6.96. The summed E-state index contributed by atoms with van der Waals surface area (Å²) in [5.41, 5.74) is 4.56. The first kappa shape index (κ1) is 22.0. The highest BCUT2D eigenvalue weighted by Crippen LogP contribution is 2.21. The lowest BCUT2D eigenvalue weighted by molar-refractivity contribution is -0.122. The third kappa shape index (κ3) is 5.62. The second-order valence-corrected chi connectivity index (χ2v) is 9.19. The highest BCUT2D eigenvalue weighted by atomic mass is 32.2. The van der Waals surface area contributed by atoms with Crippen LogP contribution in [-0.2, 0) is 21.4 Å². The van der Waals surface area contributed by atoms with Crippen molar-refractivity contribution in [2.45, 2.75) is 40.3 Å². The summed E-state index contributed by atoms with van der Waals surface area (Å²) < 4.78 is 39.1. The molecule has 0 aromatic heterocycles. The zero-order chi connectivity index (χ0) is 21.1. The average Bonchev–Trinajstić information content (AvgIpc) is 2.58. The zero-order valence-electron chi connectivity index (χ0n) is 16.9. The molecule has 0 radical (unpaired) electrons. The molecule has 0 aliphatic rings. The fraction of sp³-hybridized carbons (Fsp3) is 0.381. The van der Waals surface area contributed by atoms with Crippen LogP contribution in [0.25, 0.3) is 0 Å². The van der Waals surface area contributed by atoms with Crippen LogP contribution in [0.4, 0.5) is 4.39 Å². The maximum Gasteiger partial charge on any atom is 0.235 e. The van der Waals surface area contributed by atoms with Crippen molar-refractivity contribution < 1.29 is 17.6 Å². The van der Waals surface area contributed by atoms with Gasteiger partial charge in [0.25, 0.3) is 0 Å². The maximum absolute atomic E-state index is 13.9. The summed E-state index contributed by atoms with van der Waals surface area (Å²) in [7, 11) is -3.69. The van der Waals surface area contributed by atoms with Gasteiger partial charge < -0.3 is 5.32 Å². The number of halogens is 1. The molecule has 2 aromatic rings. The molecule has 0 saturated carbocycles. The molecule has 1 atom stereocenters. The van der Waals surface area contributed by atoms with E-state index in [1.54, 1.807) is 6.07 Å². The van der Waals surface area contributed by atoms with Crippen LogP contribution in [0.1, 0.15) is 40.8 Å². The number of aryl methyl sites for hydroxylation is 3. The van der Waals surface area contributed by atoms with Crippen molar-refractivity contribution in [2.24, 2.45) is 0 Å². The standard InChI is InChI=1S/C21H27FN2O3S/c1-14-10-16(3)19(11-15(14)2)17(4)23-21(25)13-24(28(5,26)27)12-18-8-6-7-9-20(18)22/h6-11,17H,12-13H2,1-5H3,(H,23,25)/t17-/m0/s1. The molecule has 0 aliphatic carbocycles. The molecule has 5 nitrogen and oxygen atoms in total. The molecule has 2 rings (SSSR count). The number of benzene rings is 2. The normalized spacial score (nSPS) is 12.8. The lowest BCUT2D eigenvalue weighted by atomic mass is 9.96. The molecule has 0 spiro atoms. The first-order chi connectivity index (χ1) is 13.0. The fourth-order valence-electron chi connectivity index (χ4n) is 3.08. The quantitative estimate of drug-likeness (QED) is 0.766. The molecule has 152 valence electrons. The van der Waals surface area contributed by atoms with Crippen LogP contribution in [-0.4, -0.2) is 31.4 Å². The van der Waals surface area contributed by atoms with Gasteiger partial charge in [0.1, 0.15) is 5.82 Å². The average molecular weight is 407 g/mol. The lowest BCUT2D eigenvalue weighted by Crippen LogP contribution is -2.40. The Hall–Kier alpha value is -2.25. The Morgan fingerprint density at radius 2 is 1.71 bits per heavy atom. The lowest BCUT2D eigenvalue weighted by Gasteiger charge is -2.22. The van der Waals surface area contributed by atoms with E-state index in [-0.39, 0.29) is 24.7 Å². The largest absolute Gasteiger partial charge is 0.348 e. The second-order valence-electron chi connectivity index (χ2n) is 7.20. The van der Waals surface area contributed by atoms with Crippen LogP contribution in [0.15, 0.2) is 36.4 Å². The van der Waals surface area contributed by atoms with Crippen LogP contribution in [0.5, 0.6) is 0 Å². The highest BCUT2D eigenvalue weighted by Gasteiger charge is 2.23. The molecule has 28 heavy (non-hydrogen) atoms. The fourth-order valence-corrected chi connectivity index (χ4v) is 3.81. The predicted molar refractivity (Wildman–Crippen MR) is 109 cm³/mol. The molecule has 0 aliphatic heterocycles. The number of hydrogen-bond donors (Lipinski definition) is 1. The summed E-state index contributed by atoms with van der Waals surface area (Å²) in [6, 6.07) is 9.75. The van der Waals surface area contributed by atoms with Crippen LogP contribution >= 0.6 is 0 Å². The minimum atomic E-state index is -3.69. The van der Waals surface area contributed by atoms with E-state index in [0.717, 1.165) is 27.3 Å². The SMILES string of the molecule is Cc1cc(C)c([C@H](C)NC(=O)CN(Cc2ccccc2F)S(C)(=O)=O)cc1C. The summed E-state index contributed by atoms with van der Waals surface area (Å²) in [6.45, 7) is 7.30. The Balaban J connectivity index is 2.14. The Bertz CT molecular complexity index is 974. The minimum absolute atomic E-state index is 0.198. The van der Waals surface area contributed by atoms with Gasteiger partial charge in [-0.05, 0) is 56.0 Å². The third-order valence-electron chi connectivity index (χ3n) is 4.82. The van der Waals surface area contributed by atoms with Crippen molar-refractivity contribution >= 4 is 15.9 Å². The predicted octanol–water partition coefficient (Wildman–Crippen LogP) is 3.39. The number of hydrogen-bond acceptors (Lipinski definition) is 3. The Morgan fingerprint density at radius 3 is 2.32 bits per heavy atom. The summed E-state index contributed by atoms with van der Waals surface area (Å²) in [4.78, 5) is 12.5. The van der Waals surface area contributed by atoms with E-state index in [0.29, 0.717) is 0 Å². The molecule has 1 N–H and O–H groups in total. The third-order valence-corrected chi connectivity index (χ3v) is 6.02. The number of rotatable bonds is 7. The molecular weight excluding hydrogens is 379 g/mol.